The summed E-state index contributed by atoms with van der Waals surface area (Å²) in [6.45, 7) is 1.39. The Hall–Kier alpha value is -0.0600. The Morgan fingerprint density at radius 2 is 1.89 bits per heavy atom. The Labute approximate surface area is 131 Å². The van der Waals surface area contributed by atoms with Crippen molar-refractivity contribution in [2.45, 2.75) is 32.2 Å². The first-order chi connectivity index (χ1) is 9.17. The van der Waals surface area contributed by atoms with Crippen molar-refractivity contribution in [3.63, 3.8) is 0 Å². The summed E-state index contributed by atoms with van der Waals surface area (Å²) in [4.78, 5) is 0. The van der Waals surface area contributed by atoms with Gasteiger partial charge in [0.15, 0.2) is 0 Å². The van der Waals surface area contributed by atoms with Crippen LogP contribution in [-0.2, 0) is 6.54 Å². The molecule has 0 radical (unpaired) electrons. The minimum atomic E-state index is 0.545. The first-order valence-corrected chi connectivity index (χ1v) is 8.56. The average molecular weight is 389 g/mol. The van der Waals surface area contributed by atoms with E-state index >= 15 is 0 Å². The smallest absolute Gasteiger partial charge is 0.147 e. The van der Waals surface area contributed by atoms with Gasteiger partial charge in [0.05, 0.1) is 15.6 Å². The van der Waals surface area contributed by atoms with Gasteiger partial charge in [-0.2, -0.15) is 0 Å². The van der Waals surface area contributed by atoms with E-state index in [9.17, 15) is 0 Å². The van der Waals surface area contributed by atoms with Gasteiger partial charge in [-0.3, -0.25) is 0 Å². The summed E-state index contributed by atoms with van der Waals surface area (Å²) in [7, 11) is 0. The molecular formula is C15H19Br2NO. The number of rotatable bonds is 4. The summed E-state index contributed by atoms with van der Waals surface area (Å²) in [5.74, 6) is 3.56. The van der Waals surface area contributed by atoms with E-state index in [2.05, 4.69) is 31.9 Å². The van der Waals surface area contributed by atoms with Gasteiger partial charge in [0, 0.05) is 6.54 Å². The van der Waals surface area contributed by atoms with Crippen molar-refractivity contribution in [3.8, 4) is 5.75 Å². The van der Waals surface area contributed by atoms with Crippen LogP contribution < -0.4 is 10.5 Å². The van der Waals surface area contributed by atoms with E-state index < -0.39 is 0 Å². The Morgan fingerprint density at radius 3 is 2.42 bits per heavy atom. The fraction of sp³-hybridized carbons (Fsp3) is 0.600. The fourth-order valence-corrected chi connectivity index (χ4v) is 5.15. The third-order valence-electron chi connectivity index (χ3n) is 4.62. The molecule has 2 aliphatic rings. The van der Waals surface area contributed by atoms with Gasteiger partial charge in [0.1, 0.15) is 5.75 Å². The number of hydrogen-bond donors (Lipinski definition) is 1. The van der Waals surface area contributed by atoms with E-state index in [1.807, 2.05) is 12.1 Å². The highest BCUT2D eigenvalue weighted by Crippen LogP contribution is 2.48. The van der Waals surface area contributed by atoms with Crippen molar-refractivity contribution < 1.29 is 4.74 Å². The van der Waals surface area contributed by atoms with Gasteiger partial charge in [0.25, 0.3) is 0 Å². The summed E-state index contributed by atoms with van der Waals surface area (Å²) in [6, 6.07) is 4.09. The van der Waals surface area contributed by atoms with Crippen LogP contribution in [0.15, 0.2) is 21.1 Å². The second-order valence-corrected chi connectivity index (χ2v) is 7.55. The van der Waals surface area contributed by atoms with Gasteiger partial charge in [-0.15, -0.1) is 0 Å². The molecule has 19 heavy (non-hydrogen) atoms. The standard InChI is InChI=1S/C15H19Br2NO/c16-13-5-10(7-18)6-14(17)15(13)19-8-12-4-9-1-2-11(12)3-9/h5-6,9,11-12H,1-4,7-8,18H2. The van der Waals surface area contributed by atoms with Crippen LogP contribution >= 0.6 is 31.9 Å². The minimum absolute atomic E-state index is 0.545. The maximum absolute atomic E-state index is 6.07. The van der Waals surface area contributed by atoms with E-state index in [-0.39, 0.29) is 0 Å². The molecule has 0 heterocycles. The van der Waals surface area contributed by atoms with Crippen LogP contribution in [0, 0.1) is 17.8 Å². The van der Waals surface area contributed by atoms with Crippen molar-refractivity contribution in [3.05, 3.63) is 26.6 Å². The van der Waals surface area contributed by atoms with Gasteiger partial charge in [-0.1, -0.05) is 6.42 Å². The van der Waals surface area contributed by atoms with Crippen LogP contribution in [-0.4, -0.2) is 6.61 Å². The molecule has 4 heteroatoms. The lowest BCUT2D eigenvalue weighted by Gasteiger charge is -2.22. The van der Waals surface area contributed by atoms with E-state index in [1.54, 1.807) is 0 Å². The Morgan fingerprint density at radius 1 is 1.16 bits per heavy atom. The first-order valence-electron chi connectivity index (χ1n) is 6.98. The van der Waals surface area contributed by atoms with Crippen molar-refractivity contribution in [1.82, 2.24) is 0 Å². The summed E-state index contributed by atoms with van der Waals surface area (Å²) in [5.41, 5.74) is 6.77. The van der Waals surface area contributed by atoms with Gasteiger partial charge >= 0.3 is 0 Å². The van der Waals surface area contributed by atoms with E-state index in [0.29, 0.717) is 6.54 Å². The first kappa shape index (κ1) is 13.9. The number of hydrogen-bond acceptors (Lipinski definition) is 2. The molecule has 2 fully saturated rings. The van der Waals surface area contributed by atoms with Crippen molar-refractivity contribution in [2.75, 3.05) is 6.61 Å². The van der Waals surface area contributed by atoms with Crippen LogP contribution in [0.3, 0.4) is 0 Å². The van der Waals surface area contributed by atoms with Crippen LogP contribution in [0.5, 0.6) is 5.75 Å². The van der Waals surface area contributed by atoms with Crippen LogP contribution in [0.1, 0.15) is 31.2 Å². The Kier molecular flexibility index (Phi) is 4.20. The van der Waals surface area contributed by atoms with Crippen molar-refractivity contribution in [1.29, 1.82) is 0 Å². The lowest BCUT2D eigenvalue weighted by Crippen LogP contribution is -2.18. The SMILES string of the molecule is NCc1cc(Br)c(OCC2CC3CCC2C3)c(Br)c1. The molecule has 1 aromatic carbocycles. The van der Waals surface area contributed by atoms with Gasteiger partial charge < -0.3 is 10.5 Å². The third kappa shape index (κ3) is 2.86. The molecule has 3 rings (SSSR count). The highest BCUT2D eigenvalue weighted by Gasteiger charge is 2.39. The highest BCUT2D eigenvalue weighted by atomic mass is 79.9. The summed E-state index contributed by atoms with van der Waals surface area (Å²) in [6.07, 6.45) is 5.65. The fourth-order valence-electron chi connectivity index (χ4n) is 3.64. The second-order valence-electron chi connectivity index (χ2n) is 5.84. The minimum Gasteiger partial charge on any atom is -0.491 e. The summed E-state index contributed by atoms with van der Waals surface area (Å²) >= 11 is 7.16. The van der Waals surface area contributed by atoms with Gasteiger partial charge in [-0.05, 0) is 86.6 Å². The normalized spacial score (nSPS) is 28.9. The molecule has 3 unspecified atom stereocenters. The quantitative estimate of drug-likeness (QED) is 0.824. The highest BCUT2D eigenvalue weighted by molar-refractivity contribution is 9.11. The van der Waals surface area contributed by atoms with Crippen LogP contribution in [0.4, 0.5) is 0 Å². The molecule has 2 nitrogen and oxygen atoms in total. The van der Waals surface area contributed by atoms with Crippen molar-refractivity contribution in [2.24, 2.45) is 23.5 Å². The number of fused-ring (bicyclic) bond motifs is 2. The average Bonchev–Trinajstić information content (AvgIpc) is 2.99. The number of halogens is 2. The lowest BCUT2D eigenvalue weighted by atomic mass is 9.89. The van der Waals surface area contributed by atoms with Gasteiger partial charge in [0.2, 0.25) is 0 Å². The third-order valence-corrected chi connectivity index (χ3v) is 5.80. The topological polar surface area (TPSA) is 35.2 Å². The number of benzene rings is 1. The molecule has 2 saturated carbocycles. The molecular weight excluding hydrogens is 370 g/mol. The number of nitrogens with two attached hydrogens (primary N) is 1. The molecule has 2 bridgehead atoms. The van der Waals surface area contributed by atoms with E-state index in [1.165, 1.54) is 25.7 Å². The Balaban J connectivity index is 1.67. The summed E-state index contributed by atoms with van der Waals surface area (Å²) < 4.78 is 8.05. The lowest BCUT2D eigenvalue weighted by molar-refractivity contribution is 0.193. The Bertz CT molecular complexity index is 454. The van der Waals surface area contributed by atoms with Crippen LogP contribution in [0.2, 0.25) is 0 Å². The molecule has 2 N–H and O–H groups in total. The predicted octanol–water partition coefficient (Wildman–Crippen LogP) is 4.49. The van der Waals surface area contributed by atoms with Crippen molar-refractivity contribution >= 4 is 31.9 Å². The molecule has 0 aliphatic heterocycles. The zero-order chi connectivity index (χ0) is 13.4. The second kappa shape index (κ2) is 5.74. The molecule has 0 aromatic heterocycles. The molecule has 0 spiro atoms. The van der Waals surface area contributed by atoms with Gasteiger partial charge in [-0.25, -0.2) is 0 Å². The molecule has 1 aromatic rings. The van der Waals surface area contributed by atoms with Crippen LogP contribution in [0.25, 0.3) is 0 Å². The maximum Gasteiger partial charge on any atom is 0.147 e. The zero-order valence-electron chi connectivity index (χ0n) is 10.9. The molecule has 0 saturated heterocycles. The molecule has 104 valence electrons. The van der Waals surface area contributed by atoms with E-state index in [4.69, 9.17) is 10.5 Å². The molecule has 2 aliphatic carbocycles. The predicted molar refractivity (Wildman–Crippen MR) is 84.2 cm³/mol. The largest absolute Gasteiger partial charge is 0.491 e. The maximum atomic E-state index is 6.07. The number of ether oxygens (including phenoxy) is 1. The summed E-state index contributed by atoms with van der Waals surface area (Å²) in [5, 5.41) is 0. The monoisotopic (exact) mass is 387 g/mol. The molecule has 3 atom stereocenters. The van der Waals surface area contributed by atoms with E-state index in [0.717, 1.165) is 44.6 Å². The molecule has 0 amide bonds. The zero-order valence-corrected chi connectivity index (χ0v) is 14.0.